The predicted octanol–water partition coefficient (Wildman–Crippen LogP) is 0.483. The molecule has 1 saturated heterocycles. The summed E-state index contributed by atoms with van der Waals surface area (Å²) >= 11 is 1.33. The van der Waals surface area contributed by atoms with E-state index in [2.05, 4.69) is 15.2 Å². The van der Waals surface area contributed by atoms with Crippen molar-refractivity contribution in [2.24, 2.45) is 0 Å². The lowest BCUT2D eigenvalue weighted by Crippen LogP contribution is -2.44. The Morgan fingerprint density at radius 1 is 1.55 bits per heavy atom. The second kappa shape index (κ2) is 5.78. The number of rotatable bonds is 3. The molecule has 1 N–H and O–H groups in total. The Bertz CT molecular complexity index is 769. The number of ether oxygens (including phenoxy) is 1. The molecule has 1 aliphatic rings. The molecule has 3 rings (SSSR count). The molecule has 0 saturated carbocycles. The molecule has 10 heteroatoms. The summed E-state index contributed by atoms with van der Waals surface area (Å²) in [6.07, 6.45) is 2.36. The number of hydrogen-bond acceptors (Lipinski definition) is 7. The SMILES string of the molecule is CS(=O)(=O)c1cn[nH]c1C1COCCN1C(=O)c1cscn1. The molecule has 3 heterocycles. The normalized spacial score (nSPS) is 19.3. The van der Waals surface area contributed by atoms with Gasteiger partial charge in [-0.15, -0.1) is 11.3 Å². The maximum Gasteiger partial charge on any atom is 0.274 e. The van der Waals surface area contributed by atoms with Gasteiger partial charge in [0.2, 0.25) is 0 Å². The summed E-state index contributed by atoms with van der Waals surface area (Å²) in [5, 5.41) is 8.17. The highest BCUT2D eigenvalue weighted by Gasteiger charge is 2.34. The van der Waals surface area contributed by atoms with Gasteiger partial charge in [0.1, 0.15) is 10.6 Å². The second-order valence-electron chi connectivity index (χ2n) is 4.88. The molecule has 1 fully saturated rings. The van der Waals surface area contributed by atoms with Gasteiger partial charge in [-0.1, -0.05) is 0 Å². The van der Waals surface area contributed by atoms with Crippen molar-refractivity contribution in [2.45, 2.75) is 10.9 Å². The quantitative estimate of drug-likeness (QED) is 0.870. The zero-order chi connectivity index (χ0) is 15.7. The van der Waals surface area contributed by atoms with Gasteiger partial charge in [0.25, 0.3) is 5.91 Å². The number of amides is 1. The van der Waals surface area contributed by atoms with Gasteiger partial charge in [0.05, 0.1) is 36.7 Å². The summed E-state index contributed by atoms with van der Waals surface area (Å²) in [6, 6.07) is -0.532. The van der Waals surface area contributed by atoms with Crippen molar-refractivity contribution in [3.63, 3.8) is 0 Å². The summed E-state index contributed by atoms with van der Waals surface area (Å²) in [5.41, 5.74) is 2.30. The van der Waals surface area contributed by atoms with E-state index in [-0.39, 0.29) is 17.4 Å². The first-order valence-electron chi connectivity index (χ1n) is 6.48. The first kappa shape index (κ1) is 15.1. The molecule has 1 atom stereocenters. The highest BCUT2D eigenvalue weighted by molar-refractivity contribution is 7.90. The molecule has 1 unspecified atom stereocenters. The fourth-order valence-corrected chi connectivity index (χ4v) is 3.72. The Morgan fingerprint density at radius 2 is 2.36 bits per heavy atom. The number of nitrogens with zero attached hydrogens (tertiary/aromatic N) is 3. The van der Waals surface area contributed by atoms with E-state index in [1.165, 1.54) is 17.5 Å². The van der Waals surface area contributed by atoms with Crippen molar-refractivity contribution >= 4 is 27.1 Å². The van der Waals surface area contributed by atoms with E-state index in [4.69, 9.17) is 4.74 Å². The minimum absolute atomic E-state index is 0.0825. The van der Waals surface area contributed by atoms with Crippen LogP contribution < -0.4 is 0 Å². The van der Waals surface area contributed by atoms with E-state index in [9.17, 15) is 13.2 Å². The lowest BCUT2D eigenvalue weighted by atomic mass is 10.1. The number of aromatic amines is 1. The van der Waals surface area contributed by atoms with Gasteiger partial charge < -0.3 is 9.64 Å². The largest absolute Gasteiger partial charge is 0.377 e. The third-order valence-electron chi connectivity index (χ3n) is 3.41. The van der Waals surface area contributed by atoms with Crippen molar-refractivity contribution in [3.05, 3.63) is 28.5 Å². The number of morpholine rings is 1. The van der Waals surface area contributed by atoms with Gasteiger partial charge in [-0.2, -0.15) is 5.10 Å². The van der Waals surface area contributed by atoms with Gasteiger partial charge >= 0.3 is 0 Å². The Labute approximate surface area is 131 Å². The smallest absolute Gasteiger partial charge is 0.274 e. The Balaban J connectivity index is 1.97. The zero-order valence-electron chi connectivity index (χ0n) is 11.7. The zero-order valence-corrected chi connectivity index (χ0v) is 13.4. The molecule has 22 heavy (non-hydrogen) atoms. The van der Waals surface area contributed by atoms with Crippen molar-refractivity contribution in [1.82, 2.24) is 20.1 Å². The van der Waals surface area contributed by atoms with Crippen LogP contribution in [0.15, 0.2) is 22.0 Å². The number of aromatic nitrogens is 3. The van der Waals surface area contributed by atoms with E-state index in [1.807, 2.05) is 0 Å². The number of nitrogens with one attached hydrogen (secondary N) is 1. The van der Waals surface area contributed by atoms with Crippen LogP contribution in [0.5, 0.6) is 0 Å². The summed E-state index contributed by atoms with van der Waals surface area (Å²) in [5.74, 6) is -0.247. The minimum atomic E-state index is -3.44. The number of sulfone groups is 1. The van der Waals surface area contributed by atoms with Gasteiger partial charge in [0, 0.05) is 18.2 Å². The van der Waals surface area contributed by atoms with Crippen LogP contribution in [0.2, 0.25) is 0 Å². The van der Waals surface area contributed by atoms with Crippen molar-refractivity contribution in [3.8, 4) is 0 Å². The van der Waals surface area contributed by atoms with Crippen LogP contribution in [0.3, 0.4) is 0 Å². The van der Waals surface area contributed by atoms with Crippen molar-refractivity contribution in [2.75, 3.05) is 26.0 Å². The molecular formula is C12H14N4O4S2. The summed E-state index contributed by atoms with van der Waals surface area (Å²) < 4.78 is 29.1. The van der Waals surface area contributed by atoms with Crippen LogP contribution in [0.4, 0.5) is 0 Å². The molecule has 8 nitrogen and oxygen atoms in total. The number of carbonyl (C=O) groups is 1. The average Bonchev–Trinajstić information content (AvgIpc) is 3.17. The number of hydrogen-bond donors (Lipinski definition) is 1. The first-order chi connectivity index (χ1) is 10.5. The monoisotopic (exact) mass is 342 g/mol. The molecule has 1 aliphatic heterocycles. The predicted molar refractivity (Wildman–Crippen MR) is 78.4 cm³/mol. The summed E-state index contributed by atoms with van der Waals surface area (Å²) in [4.78, 5) is 18.2. The molecule has 0 radical (unpaired) electrons. The van der Waals surface area contributed by atoms with Gasteiger partial charge in [-0.3, -0.25) is 9.89 Å². The van der Waals surface area contributed by atoms with E-state index >= 15 is 0 Å². The van der Waals surface area contributed by atoms with E-state index in [0.29, 0.717) is 24.5 Å². The Kier molecular flexibility index (Phi) is 3.98. The van der Waals surface area contributed by atoms with Crippen molar-refractivity contribution in [1.29, 1.82) is 0 Å². The maximum atomic E-state index is 12.6. The first-order valence-corrected chi connectivity index (χ1v) is 9.32. The van der Waals surface area contributed by atoms with Gasteiger partial charge in [-0.05, 0) is 0 Å². The molecule has 0 aromatic carbocycles. The highest BCUT2D eigenvalue weighted by Crippen LogP contribution is 2.29. The fourth-order valence-electron chi connectivity index (χ4n) is 2.37. The molecule has 1 amide bonds. The third-order valence-corrected chi connectivity index (χ3v) is 5.12. The van der Waals surface area contributed by atoms with Gasteiger partial charge in [-0.25, -0.2) is 13.4 Å². The standard InChI is InChI=1S/C12H14N4O4S2/c1-22(18,19)10-4-14-15-11(10)9-5-20-3-2-16(9)12(17)8-6-21-7-13-8/h4,6-7,9H,2-3,5H2,1H3,(H,14,15). The van der Waals surface area contributed by atoms with Crippen LogP contribution in [0, 0.1) is 0 Å². The molecule has 2 aromatic heterocycles. The Morgan fingerprint density at radius 3 is 3.05 bits per heavy atom. The molecule has 0 bridgehead atoms. The van der Waals surface area contributed by atoms with Crippen molar-refractivity contribution < 1.29 is 17.9 Å². The lowest BCUT2D eigenvalue weighted by Gasteiger charge is -2.34. The molecular weight excluding hydrogens is 328 g/mol. The van der Waals surface area contributed by atoms with E-state index in [1.54, 1.807) is 15.8 Å². The average molecular weight is 342 g/mol. The van der Waals surface area contributed by atoms with Gasteiger partial charge in [0.15, 0.2) is 9.84 Å². The van der Waals surface area contributed by atoms with E-state index < -0.39 is 15.9 Å². The molecule has 118 valence electrons. The fraction of sp³-hybridized carbons (Fsp3) is 0.417. The maximum absolute atomic E-state index is 12.6. The number of H-pyrrole nitrogens is 1. The van der Waals surface area contributed by atoms with Crippen LogP contribution >= 0.6 is 11.3 Å². The highest BCUT2D eigenvalue weighted by atomic mass is 32.2. The number of carbonyl (C=O) groups excluding carboxylic acids is 1. The number of thiazole rings is 1. The van der Waals surface area contributed by atoms with Crippen LogP contribution in [0.1, 0.15) is 22.2 Å². The molecule has 0 aliphatic carbocycles. The van der Waals surface area contributed by atoms with Crippen LogP contribution in [-0.2, 0) is 14.6 Å². The molecule has 0 spiro atoms. The third kappa shape index (κ3) is 2.76. The molecule has 2 aromatic rings. The van der Waals surface area contributed by atoms with Crippen LogP contribution in [0.25, 0.3) is 0 Å². The topological polar surface area (TPSA) is 105 Å². The Hall–Kier alpha value is -1.78. The van der Waals surface area contributed by atoms with E-state index in [0.717, 1.165) is 6.26 Å². The second-order valence-corrected chi connectivity index (χ2v) is 7.59. The lowest BCUT2D eigenvalue weighted by molar-refractivity contribution is -0.00494. The summed E-state index contributed by atoms with van der Waals surface area (Å²) in [6.45, 7) is 0.971. The minimum Gasteiger partial charge on any atom is -0.377 e. The summed E-state index contributed by atoms with van der Waals surface area (Å²) in [7, 11) is -3.44. The van der Waals surface area contributed by atoms with Crippen LogP contribution in [-0.4, -0.2) is 60.4 Å².